The maximum atomic E-state index is 13.1. The van der Waals surface area contributed by atoms with E-state index in [4.69, 9.17) is 0 Å². The maximum absolute atomic E-state index is 13.1. The second kappa shape index (κ2) is 8.69. The molecule has 0 radical (unpaired) electrons. The van der Waals surface area contributed by atoms with E-state index in [1.54, 1.807) is 18.6 Å². The Hall–Kier alpha value is -2.47. The Labute approximate surface area is 167 Å². The molecule has 1 amide bonds. The van der Waals surface area contributed by atoms with E-state index in [0.717, 1.165) is 57.9 Å². The van der Waals surface area contributed by atoms with Gasteiger partial charge < -0.3 is 9.80 Å². The zero-order chi connectivity index (χ0) is 19.3. The van der Waals surface area contributed by atoms with Gasteiger partial charge in [0.1, 0.15) is 5.82 Å². The predicted octanol–water partition coefficient (Wildman–Crippen LogP) is 2.43. The predicted molar refractivity (Wildman–Crippen MR) is 110 cm³/mol. The highest BCUT2D eigenvalue weighted by Crippen LogP contribution is 2.25. The van der Waals surface area contributed by atoms with Crippen LogP contribution in [-0.2, 0) is 11.3 Å². The van der Waals surface area contributed by atoms with E-state index in [2.05, 4.69) is 61.9 Å². The standard InChI is InChI=1S/C22H29N5O/c1-18-16-25(17-19-5-3-2-4-6-19)13-14-27(18)22(28)20-7-11-26(12-8-20)21-15-23-9-10-24-21/h2-6,9-10,15,18,20H,7-8,11-14,16-17H2,1H3/t18-/m1/s1. The molecule has 0 unspecified atom stereocenters. The molecular formula is C22H29N5O. The van der Waals surface area contributed by atoms with Crippen LogP contribution < -0.4 is 4.90 Å². The van der Waals surface area contributed by atoms with Gasteiger partial charge in [0.05, 0.1) is 6.20 Å². The molecule has 0 spiro atoms. The summed E-state index contributed by atoms with van der Waals surface area (Å²) in [6.07, 6.45) is 7.01. The zero-order valence-corrected chi connectivity index (χ0v) is 16.6. The van der Waals surface area contributed by atoms with Crippen molar-refractivity contribution in [2.24, 2.45) is 5.92 Å². The molecule has 6 nitrogen and oxygen atoms in total. The lowest BCUT2D eigenvalue weighted by Gasteiger charge is -2.42. The highest BCUT2D eigenvalue weighted by atomic mass is 16.2. The minimum Gasteiger partial charge on any atom is -0.355 e. The van der Waals surface area contributed by atoms with E-state index in [9.17, 15) is 4.79 Å². The molecule has 2 saturated heterocycles. The molecule has 2 fully saturated rings. The average molecular weight is 380 g/mol. The van der Waals surface area contributed by atoms with Gasteiger partial charge in [-0.1, -0.05) is 30.3 Å². The van der Waals surface area contributed by atoms with Crippen LogP contribution in [0.1, 0.15) is 25.3 Å². The number of hydrogen-bond donors (Lipinski definition) is 0. The van der Waals surface area contributed by atoms with Gasteiger partial charge in [-0.05, 0) is 25.3 Å². The number of hydrogen-bond acceptors (Lipinski definition) is 5. The van der Waals surface area contributed by atoms with Crippen molar-refractivity contribution in [3.8, 4) is 0 Å². The Balaban J connectivity index is 1.29. The summed E-state index contributed by atoms with van der Waals surface area (Å²) in [5.41, 5.74) is 1.34. The van der Waals surface area contributed by atoms with Crippen LogP contribution in [0.15, 0.2) is 48.9 Å². The van der Waals surface area contributed by atoms with E-state index in [1.807, 2.05) is 0 Å². The monoisotopic (exact) mass is 379 g/mol. The molecule has 1 aromatic heterocycles. The Morgan fingerprint density at radius 2 is 1.86 bits per heavy atom. The van der Waals surface area contributed by atoms with Crippen molar-refractivity contribution < 1.29 is 4.79 Å². The minimum atomic E-state index is 0.135. The van der Waals surface area contributed by atoms with Gasteiger partial charge in [0.15, 0.2) is 0 Å². The van der Waals surface area contributed by atoms with Crippen LogP contribution in [0, 0.1) is 5.92 Å². The zero-order valence-electron chi connectivity index (χ0n) is 16.6. The molecule has 0 aliphatic carbocycles. The molecule has 2 aromatic rings. The molecule has 148 valence electrons. The SMILES string of the molecule is C[C@@H]1CN(Cc2ccccc2)CCN1C(=O)C1CCN(c2cnccn2)CC1. The third-order valence-electron chi connectivity index (χ3n) is 5.96. The Kier molecular flexibility index (Phi) is 5.86. The van der Waals surface area contributed by atoms with E-state index in [0.29, 0.717) is 5.91 Å². The molecule has 6 heteroatoms. The molecule has 2 aliphatic rings. The van der Waals surface area contributed by atoms with E-state index < -0.39 is 0 Å². The Morgan fingerprint density at radius 3 is 2.54 bits per heavy atom. The number of carbonyl (C=O) groups excluding carboxylic acids is 1. The van der Waals surface area contributed by atoms with Crippen LogP contribution in [-0.4, -0.2) is 64.4 Å². The summed E-state index contributed by atoms with van der Waals surface area (Å²) in [5.74, 6) is 1.39. The van der Waals surface area contributed by atoms with Crippen LogP contribution in [0.3, 0.4) is 0 Å². The van der Waals surface area contributed by atoms with Gasteiger partial charge in [-0.15, -0.1) is 0 Å². The number of aromatic nitrogens is 2. The summed E-state index contributed by atoms with van der Waals surface area (Å²) < 4.78 is 0. The molecule has 1 aromatic carbocycles. The second-order valence-corrected chi connectivity index (χ2v) is 7.93. The second-order valence-electron chi connectivity index (χ2n) is 7.93. The van der Waals surface area contributed by atoms with Crippen LogP contribution in [0.5, 0.6) is 0 Å². The van der Waals surface area contributed by atoms with Crippen molar-refractivity contribution >= 4 is 11.7 Å². The first-order chi connectivity index (χ1) is 13.7. The van der Waals surface area contributed by atoms with Gasteiger partial charge in [0.2, 0.25) is 5.91 Å². The first-order valence-electron chi connectivity index (χ1n) is 10.3. The average Bonchev–Trinajstić information content (AvgIpc) is 2.75. The number of piperazine rings is 1. The molecule has 1 atom stereocenters. The molecule has 0 bridgehead atoms. The fraction of sp³-hybridized carbons (Fsp3) is 0.500. The third-order valence-corrected chi connectivity index (χ3v) is 5.96. The lowest BCUT2D eigenvalue weighted by Crippen LogP contribution is -2.55. The highest BCUT2D eigenvalue weighted by Gasteiger charge is 2.33. The molecule has 0 saturated carbocycles. The van der Waals surface area contributed by atoms with Gasteiger partial charge in [-0.3, -0.25) is 14.7 Å². The highest BCUT2D eigenvalue weighted by molar-refractivity contribution is 5.79. The summed E-state index contributed by atoms with van der Waals surface area (Å²) in [5, 5.41) is 0. The summed E-state index contributed by atoms with van der Waals surface area (Å²) in [4.78, 5) is 28.5. The molecule has 0 N–H and O–H groups in total. The van der Waals surface area contributed by atoms with Gasteiger partial charge in [0.25, 0.3) is 0 Å². The molecule has 2 aliphatic heterocycles. The van der Waals surface area contributed by atoms with Crippen molar-refractivity contribution in [3.05, 3.63) is 54.5 Å². The van der Waals surface area contributed by atoms with Gasteiger partial charge >= 0.3 is 0 Å². The fourth-order valence-corrected chi connectivity index (χ4v) is 4.39. The number of piperidine rings is 1. The van der Waals surface area contributed by atoms with Crippen molar-refractivity contribution in [3.63, 3.8) is 0 Å². The van der Waals surface area contributed by atoms with E-state index in [-0.39, 0.29) is 12.0 Å². The maximum Gasteiger partial charge on any atom is 0.226 e. The Bertz CT molecular complexity index is 761. The van der Waals surface area contributed by atoms with E-state index >= 15 is 0 Å². The number of anilines is 1. The first kappa shape index (κ1) is 18.9. The first-order valence-corrected chi connectivity index (χ1v) is 10.3. The van der Waals surface area contributed by atoms with Crippen molar-refractivity contribution in [2.75, 3.05) is 37.6 Å². The lowest BCUT2D eigenvalue weighted by atomic mass is 9.94. The van der Waals surface area contributed by atoms with Gasteiger partial charge in [0, 0.05) is 63.6 Å². The number of carbonyl (C=O) groups is 1. The van der Waals surface area contributed by atoms with Gasteiger partial charge in [-0.2, -0.15) is 0 Å². The largest absolute Gasteiger partial charge is 0.355 e. The summed E-state index contributed by atoms with van der Waals surface area (Å²) >= 11 is 0. The van der Waals surface area contributed by atoms with Crippen LogP contribution in [0.2, 0.25) is 0 Å². The smallest absolute Gasteiger partial charge is 0.226 e. The number of benzene rings is 1. The van der Waals surface area contributed by atoms with Crippen LogP contribution in [0.4, 0.5) is 5.82 Å². The molecule has 28 heavy (non-hydrogen) atoms. The van der Waals surface area contributed by atoms with Crippen molar-refractivity contribution in [1.29, 1.82) is 0 Å². The van der Waals surface area contributed by atoms with E-state index in [1.165, 1.54) is 5.56 Å². The van der Waals surface area contributed by atoms with Crippen molar-refractivity contribution in [1.82, 2.24) is 19.8 Å². The summed E-state index contributed by atoms with van der Waals surface area (Å²) in [6.45, 7) is 7.61. The van der Waals surface area contributed by atoms with Crippen molar-refractivity contribution in [2.45, 2.75) is 32.4 Å². The van der Waals surface area contributed by atoms with Crippen LogP contribution in [0.25, 0.3) is 0 Å². The quantitative estimate of drug-likeness (QED) is 0.817. The lowest BCUT2D eigenvalue weighted by molar-refractivity contribution is -0.140. The third kappa shape index (κ3) is 4.33. The number of nitrogens with zero attached hydrogens (tertiary/aromatic N) is 5. The molecule has 4 rings (SSSR count). The summed E-state index contributed by atoms with van der Waals surface area (Å²) in [6, 6.07) is 10.8. The van der Waals surface area contributed by atoms with Gasteiger partial charge in [-0.25, -0.2) is 4.98 Å². The normalized spacial score (nSPS) is 21.7. The minimum absolute atomic E-state index is 0.135. The Morgan fingerprint density at radius 1 is 1.07 bits per heavy atom. The summed E-state index contributed by atoms with van der Waals surface area (Å²) in [7, 11) is 0. The number of rotatable bonds is 4. The topological polar surface area (TPSA) is 52.6 Å². The number of amides is 1. The molecular weight excluding hydrogens is 350 g/mol. The fourth-order valence-electron chi connectivity index (χ4n) is 4.39. The molecule has 3 heterocycles. The van der Waals surface area contributed by atoms with Crippen LogP contribution >= 0.6 is 0 Å².